The van der Waals surface area contributed by atoms with Crippen molar-refractivity contribution in [3.8, 4) is 0 Å². The van der Waals surface area contributed by atoms with Gasteiger partial charge in [0.25, 0.3) is 0 Å². The van der Waals surface area contributed by atoms with Crippen molar-refractivity contribution >= 4 is 27.5 Å². The Morgan fingerprint density at radius 2 is 2.15 bits per heavy atom. The number of benzene rings is 1. The van der Waals surface area contributed by atoms with Crippen molar-refractivity contribution in [2.24, 2.45) is 0 Å². The van der Waals surface area contributed by atoms with Crippen LogP contribution in [-0.4, -0.2) is 16.3 Å². The summed E-state index contributed by atoms with van der Waals surface area (Å²) in [5.74, 6) is 0. The molecule has 1 heterocycles. The molecule has 0 aliphatic carbocycles. The van der Waals surface area contributed by atoms with Crippen LogP contribution in [0.2, 0.25) is 5.02 Å². The van der Waals surface area contributed by atoms with Crippen molar-refractivity contribution in [3.05, 3.63) is 51.2 Å². The fourth-order valence-corrected chi connectivity index (χ4v) is 2.66. The molecule has 0 aliphatic rings. The Labute approximate surface area is 133 Å². The highest BCUT2D eigenvalue weighted by Crippen LogP contribution is 2.29. The van der Waals surface area contributed by atoms with Gasteiger partial charge in [-0.25, -0.2) is 0 Å². The van der Waals surface area contributed by atoms with Gasteiger partial charge in [0.15, 0.2) is 0 Å². The topological polar surface area (TPSA) is 29.9 Å². The van der Waals surface area contributed by atoms with E-state index in [-0.39, 0.29) is 6.04 Å². The summed E-state index contributed by atoms with van der Waals surface area (Å²) in [4.78, 5) is 0. The zero-order valence-electron chi connectivity index (χ0n) is 11.7. The van der Waals surface area contributed by atoms with Crippen LogP contribution < -0.4 is 5.32 Å². The van der Waals surface area contributed by atoms with Crippen LogP contribution in [0.1, 0.15) is 37.6 Å². The van der Waals surface area contributed by atoms with Crippen molar-refractivity contribution in [2.45, 2.75) is 32.9 Å². The van der Waals surface area contributed by atoms with Crippen LogP contribution in [0.4, 0.5) is 0 Å². The van der Waals surface area contributed by atoms with E-state index in [4.69, 9.17) is 11.6 Å². The molecule has 1 atom stereocenters. The molecule has 0 saturated heterocycles. The van der Waals surface area contributed by atoms with E-state index in [1.165, 1.54) is 5.69 Å². The van der Waals surface area contributed by atoms with E-state index in [1.807, 2.05) is 23.0 Å². The Kier molecular flexibility index (Phi) is 5.64. The smallest absolute Gasteiger partial charge is 0.0748 e. The fourth-order valence-electron chi connectivity index (χ4n) is 2.23. The molecule has 1 N–H and O–H groups in total. The summed E-state index contributed by atoms with van der Waals surface area (Å²) >= 11 is 9.67. The normalized spacial score (nSPS) is 12.6. The van der Waals surface area contributed by atoms with Crippen LogP contribution >= 0.6 is 27.5 Å². The van der Waals surface area contributed by atoms with Crippen LogP contribution in [0.15, 0.2) is 34.9 Å². The van der Waals surface area contributed by atoms with Crippen molar-refractivity contribution in [1.82, 2.24) is 15.1 Å². The van der Waals surface area contributed by atoms with Gasteiger partial charge in [-0.3, -0.25) is 4.68 Å². The highest BCUT2D eigenvalue weighted by atomic mass is 79.9. The van der Waals surface area contributed by atoms with E-state index < -0.39 is 0 Å². The van der Waals surface area contributed by atoms with Gasteiger partial charge in [0.05, 0.1) is 16.8 Å². The maximum Gasteiger partial charge on any atom is 0.0748 e. The zero-order valence-corrected chi connectivity index (χ0v) is 14.1. The lowest BCUT2D eigenvalue weighted by molar-refractivity contribution is 0.530. The number of rotatable bonds is 6. The van der Waals surface area contributed by atoms with Gasteiger partial charge in [-0.05, 0) is 59.6 Å². The molecule has 1 unspecified atom stereocenters. The van der Waals surface area contributed by atoms with Crippen molar-refractivity contribution in [2.75, 3.05) is 6.54 Å². The summed E-state index contributed by atoms with van der Waals surface area (Å²) in [7, 11) is 0. The van der Waals surface area contributed by atoms with Gasteiger partial charge in [0, 0.05) is 17.2 Å². The number of nitrogens with zero attached hydrogens (tertiary/aromatic N) is 2. The summed E-state index contributed by atoms with van der Waals surface area (Å²) in [5.41, 5.74) is 2.32. The minimum Gasteiger partial charge on any atom is -0.305 e. The first-order valence-electron chi connectivity index (χ1n) is 6.87. The van der Waals surface area contributed by atoms with Gasteiger partial charge in [-0.15, -0.1) is 0 Å². The predicted octanol–water partition coefficient (Wildman–Crippen LogP) is 4.41. The minimum atomic E-state index is 0.114. The van der Waals surface area contributed by atoms with Crippen LogP contribution in [-0.2, 0) is 6.54 Å². The number of hydrogen-bond acceptors (Lipinski definition) is 2. The minimum absolute atomic E-state index is 0.114. The molecule has 108 valence electrons. The molecule has 0 amide bonds. The second kappa shape index (κ2) is 7.25. The van der Waals surface area contributed by atoms with Crippen molar-refractivity contribution in [3.63, 3.8) is 0 Å². The number of nitrogens with one attached hydrogen (secondary N) is 1. The third-order valence-corrected chi connectivity index (χ3v) is 4.45. The van der Waals surface area contributed by atoms with E-state index >= 15 is 0 Å². The van der Waals surface area contributed by atoms with E-state index in [9.17, 15) is 0 Å². The van der Waals surface area contributed by atoms with Crippen molar-refractivity contribution < 1.29 is 0 Å². The second-order valence-electron chi connectivity index (χ2n) is 4.63. The summed E-state index contributed by atoms with van der Waals surface area (Å²) in [6.45, 7) is 6.07. The molecule has 0 fully saturated rings. The molecule has 0 aliphatic heterocycles. The molecule has 0 bridgehead atoms. The summed E-state index contributed by atoms with van der Waals surface area (Å²) < 4.78 is 2.93. The molecule has 1 aromatic carbocycles. The molecule has 2 aromatic rings. The Balaban J connectivity index is 2.38. The highest BCUT2D eigenvalue weighted by Gasteiger charge is 2.18. The van der Waals surface area contributed by atoms with Gasteiger partial charge in [0.1, 0.15) is 0 Å². The number of aromatic nitrogens is 2. The Morgan fingerprint density at radius 3 is 2.80 bits per heavy atom. The molecule has 5 heteroatoms. The molecular weight excluding hydrogens is 338 g/mol. The quantitative estimate of drug-likeness (QED) is 0.831. The molecule has 0 radical (unpaired) electrons. The molecule has 3 nitrogen and oxygen atoms in total. The number of aryl methyl sites for hydroxylation is 1. The monoisotopic (exact) mass is 355 g/mol. The number of halogens is 2. The highest BCUT2D eigenvalue weighted by molar-refractivity contribution is 9.10. The Bertz CT molecular complexity index is 568. The zero-order chi connectivity index (χ0) is 14.5. The lowest BCUT2D eigenvalue weighted by Gasteiger charge is -2.20. The van der Waals surface area contributed by atoms with Crippen LogP contribution in [0, 0.1) is 0 Å². The first-order chi connectivity index (χ1) is 9.67. The molecular formula is C15H19BrClN3. The largest absolute Gasteiger partial charge is 0.305 e. The Hall–Kier alpha value is -0.840. The van der Waals surface area contributed by atoms with Gasteiger partial charge in [-0.1, -0.05) is 24.6 Å². The third kappa shape index (κ3) is 3.43. The van der Waals surface area contributed by atoms with E-state index in [0.29, 0.717) is 0 Å². The van der Waals surface area contributed by atoms with Gasteiger partial charge < -0.3 is 5.32 Å². The lowest BCUT2D eigenvalue weighted by atomic mass is 10.0. The maximum absolute atomic E-state index is 6.23. The summed E-state index contributed by atoms with van der Waals surface area (Å²) in [6.07, 6.45) is 2.93. The van der Waals surface area contributed by atoms with Crippen LogP contribution in [0.25, 0.3) is 0 Å². The van der Waals surface area contributed by atoms with Crippen LogP contribution in [0.5, 0.6) is 0 Å². The van der Waals surface area contributed by atoms with Crippen molar-refractivity contribution in [1.29, 1.82) is 0 Å². The summed E-state index contributed by atoms with van der Waals surface area (Å²) in [5, 5.41) is 8.67. The average molecular weight is 357 g/mol. The van der Waals surface area contributed by atoms with Gasteiger partial charge in [0.2, 0.25) is 0 Å². The average Bonchev–Trinajstić information content (AvgIpc) is 2.91. The first kappa shape index (κ1) is 15.5. The van der Waals surface area contributed by atoms with Gasteiger partial charge in [-0.2, -0.15) is 5.10 Å². The molecule has 0 spiro atoms. The maximum atomic E-state index is 6.23. The van der Waals surface area contributed by atoms with E-state index in [0.717, 1.165) is 34.6 Å². The molecule has 2 rings (SSSR count). The first-order valence-corrected chi connectivity index (χ1v) is 8.04. The summed E-state index contributed by atoms with van der Waals surface area (Å²) in [6, 6.07) is 8.27. The standard InChI is InChI=1S/C15H19BrClN3/c1-3-8-18-15(14-7-9-19-20(14)4-2)11-5-6-12(16)13(17)10-11/h5-7,9-10,15,18H,3-4,8H2,1-2H3. The molecule has 20 heavy (non-hydrogen) atoms. The van der Waals surface area contributed by atoms with E-state index in [1.54, 1.807) is 0 Å². The number of hydrogen-bond donors (Lipinski definition) is 1. The van der Waals surface area contributed by atoms with E-state index in [2.05, 4.69) is 52.3 Å². The van der Waals surface area contributed by atoms with Gasteiger partial charge >= 0.3 is 0 Å². The molecule has 0 saturated carbocycles. The molecule has 1 aromatic heterocycles. The third-order valence-electron chi connectivity index (χ3n) is 3.22. The SMILES string of the molecule is CCCNC(c1ccc(Br)c(Cl)c1)c1ccnn1CC. The second-order valence-corrected chi connectivity index (χ2v) is 5.89. The van der Waals surface area contributed by atoms with Crippen LogP contribution in [0.3, 0.4) is 0 Å². The lowest BCUT2D eigenvalue weighted by Crippen LogP contribution is -2.25. The Morgan fingerprint density at radius 1 is 1.35 bits per heavy atom. The fraction of sp³-hybridized carbons (Fsp3) is 0.400. The predicted molar refractivity (Wildman–Crippen MR) is 87.2 cm³/mol.